The molecule has 0 fully saturated rings. The van der Waals surface area contributed by atoms with E-state index < -0.39 is 0 Å². The molecule has 20 heavy (non-hydrogen) atoms. The summed E-state index contributed by atoms with van der Waals surface area (Å²) in [6, 6.07) is 16.3. The summed E-state index contributed by atoms with van der Waals surface area (Å²) in [6.07, 6.45) is 0.757. The van der Waals surface area contributed by atoms with Gasteiger partial charge in [-0.3, -0.25) is 0 Å². The molecule has 2 rings (SSSR count). The highest BCUT2D eigenvalue weighted by Crippen LogP contribution is 2.31. The fraction of sp³-hybridized carbons (Fsp3) is 0.333. The van der Waals surface area contributed by atoms with Gasteiger partial charge in [-0.05, 0) is 34.6 Å². The van der Waals surface area contributed by atoms with Crippen molar-refractivity contribution in [1.82, 2.24) is 0 Å². The number of hydrogen-bond donors (Lipinski definition) is 1. The lowest BCUT2D eigenvalue weighted by Crippen LogP contribution is -2.21. The molecule has 2 N–H and O–H groups in total. The molecule has 2 aromatic carbocycles. The van der Waals surface area contributed by atoms with E-state index in [-0.39, 0.29) is 11.5 Å². The van der Waals surface area contributed by atoms with Gasteiger partial charge in [-0.15, -0.1) is 0 Å². The summed E-state index contributed by atoms with van der Waals surface area (Å²) in [5, 5.41) is 0.788. The van der Waals surface area contributed by atoms with Crippen molar-refractivity contribution < 1.29 is 0 Å². The van der Waals surface area contributed by atoms with Crippen LogP contribution in [0.15, 0.2) is 48.5 Å². The van der Waals surface area contributed by atoms with Gasteiger partial charge in [-0.25, -0.2) is 0 Å². The normalized spacial score (nSPS) is 13.2. The van der Waals surface area contributed by atoms with Gasteiger partial charge < -0.3 is 5.73 Å². The first-order valence-electron chi connectivity index (χ1n) is 6.98. The Labute approximate surface area is 126 Å². The van der Waals surface area contributed by atoms with Gasteiger partial charge >= 0.3 is 0 Å². The Balaban J connectivity index is 2.31. The number of hydrogen-bond acceptors (Lipinski definition) is 1. The molecular formula is C18H22ClN. The van der Waals surface area contributed by atoms with Gasteiger partial charge in [-0.1, -0.05) is 74.8 Å². The summed E-state index contributed by atoms with van der Waals surface area (Å²) in [5.74, 6) is 0. The minimum atomic E-state index is -0.0367. The van der Waals surface area contributed by atoms with Crippen LogP contribution in [0.3, 0.4) is 0 Å². The van der Waals surface area contributed by atoms with Crippen molar-refractivity contribution in [3.8, 4) is 0 Å². The summed E-state index contributed by atoms with van der Waals surface area (Å²) in [4.78, 5) is 0. The van der Waals surface area contributed by atoms with Gasteiger partial charge in [0.1, 0.15) is 0 Å². The topological polar surface area (TPSA) is 26.0 Å². The maximum absolute atomic E-state index is 6.43. The third-order valence-electron chi connectivity index (χ3n) is 3.57. The van der Waals surface area contributed by atoms with E-state index in [4.69, 9.17) is 17.3 Å². The molecular weight excluding hydrogens is 266 g/mol. The van der Waals surface area contributed by atoms with E-state index in [9.17, 15) is 0 Å². The van der Waals surface area contributed by atoms with E-state index in [1.165, 1.54) is 11.1 Å². The van der Waals surface area contributed by atoms with Crippen molar-refractivity contribution in [3.05, 3.63) is 70.2 Å². The summed E-state index contributed by atoms with van der Waals surface area (Å²) in [7, 11) is 0. The molecule has 0 bridgehead atoms. The van der Waals surface area contributed by atoms with Gasteiger partial charge in [0, 0.05) is 11.1 Å². The van der Waals surface area contributed by atoms with Crippen molar-refractivity contribution in [1.29, 1.82) is 0 Å². The first-order valence-corrected chi connectivity index (χ1v) is 7.36. The third-order valence-corrected chi connectivity index (χ3v) is 3.93. The van der Waals surface area contributed by atoms with Crippen LogP contribution >= 0.6 is 11.6 Å². The average Bonchev–Trinajstić information content (AvgIpc) is 2.40. The molecule has 0 amide bonds. The standard InChI is InChI=1S/C18H22ClN/c1-18(2,3)15-10-6-5-9-14(15)17(20)12-13-8-4-7-11-16(13)19/h4-11,17H,12,20H2,1-3H3. The maximum atomic E-state index is 6.43. The molecule has 0 heterocycles. The Morgan fingerprint density at radius 3 is 2.25 bits per heavy atom. The number of halogens is 1. The first kappa shape index (κ1) is 15.1. The molecule has 0 aliphatic heterocycles. The SMILES string of the molecule is CC(C)(C)c1ccccc1C(N)Cc1ccccc1Cl. The lowest BCUT2D eigenvalue weighted by molar-refractivity contribution is 0.568. The molecule has 106 valence electrons. The maximum Gasteiger partial charge on any atom is 0.0438 e. The number of rotatable bonds is 3. The molecule has 2 aromatic rings. The van der Waals surface area contributed by atoms with Gasteiger partial charge in [0.2, 0.25) is 0 Å². The van der Waals surface area contributed by atoms with Gasteiger partial charge in [0.15, 0.2) is 0 Å². The van der Waals surface area contributed by atoms with E-state index in [0.29, 0.717) is 0 Å². The molecule has 0 saturated heterocycles. The Morgan fingerprint density at radius 1 is 1.00 bits per heavy atom. The van der Waals surface area contributed by atoms with Gasteiger partial charge in [-0.2, -0.15) is 0 Å². The van der Waals surface area contributed by atoms with E-state index >= 15 is 0 Å². The smallest absolute Gasteiger partial charge is 0.0438 e. The molecule has 0 saturated carbocycles. The van der Waals surface area contributed by atoms with Crippen molar-refractivity contribution in [2.24, 2.45) is 5.73 Å². The van der Waals surface area contributed by atoms with Crippen molar-refractivity contribution in [2.75, 3.05) is 0 Å². The lowest BCUT2D eigenvalue weighted by Gasteiger charge is -2.26. The summed E-state index contributed by atoms with van der Waals surface area (Å²) >= 11 is 6.23. The zero-order valence-electron chi connectivity index (χ0n) is 12.4. The Kier molecular flexibility index (Phi) is 4.52. The second-order valence-corrected chi connectivity index (χ2v) is 6.65. The van der Waals surface area contributed by atoms with Crippen LogP contribution < -0.4 is 5.73 Å². The fourth-order valence-electron chi connectivity index (χ4n) is 2.51. The molecule has 1 unspecified atom stereocenters. The fourth-order valence-corrected chi connectivity index (χ4v) is 2.73. The van der Waals surface area contributed by atoms with E-state index in [1.54, 1.807) is 0 Å². The van der Waals surface area contributed by atoms with E-state index in [0.717, 1.165) is 17.0 Å². The molecule has 1 nitrogen and oxygen atoms in total. The van der Waals surface area contributed by atoms with Crippen LogP contribution in [0.2, 0.25) is 5.02 Å². The highest BCUT2D eigenvalue weighted by molar-refractivity contribution is 6.31. The monoisotopic (exact) mass is 287 g/mol. The second-order valence-electron chi connectivity index (χ2n) is 6.24. The minimum absolute atomic E-state index is 0.0367. The zero-order valence-corrected chi connectivity index (χ0v) is 13.1. The van der Waals surface area contributed by atoms with Crippen LogP contribution in [-0.4, -0.2) is 0 Å². The Morgan fingerprint density at radius 2 is 1.60 bits per heavy atom. The van der Waals surface area contributed by atoms with Gasteiger partial charge in [0.25, 0.3) is 0 Å². The van der Waals surface area contributed by atoms with Crippen LogP contribution in [0.5, 0.6) is 0 Å². The quantitative estimate of drug-likeness (QED) is 0.855. The number of nitrogens with two attached hydrogens (primary N) is 1. The number of benzene rings is 2. The predicted molar refractivity (Wildman–Crippen MR) is 87.2 cm³/mol. The molecule has 0 aromatic heterocycles. The van der Waals surface area contributed by atoms with Crippen LogP contribution in [0, 0.1) is 0 Å². The molecule has 2 heteroatoms. The molecule has 0 aliphatic rings. The molecule has 0 radical (unpaired) electrons. The van der Waals surface area contributed by atoms with Crippen LogP contribution in [-0.2, 0) is 11.8 Å². The highest BCUT2D eigenvalue weighted by atomic mass is 35.5. The van der Waals surface area contributed by atoms with Crippen LogP contribution in [0.25, 0.3) is 0 Å². The molecule has 0 spiro atoms. The minimum Gasteiger partial charge on any atom is -0.324 e. The van der Waals surface area contributed by atoms with Crippen LogP contribution in [0.1, 0.15) is 43.5 Å². The summed E-state index contributed by atoms with van der Waals surface area (Å²) < 4.78 is 0. The predicted octanol–water partition coefficient (Wildman–Crippen LogP) is 4.88. The van der Waals surface area contributed by atoms with Crippen LogP contribution in [0.4, 0.5) is 0 Å². The van der Waals surface area contributed by atoms with Gasteiger partial charge in [0.05, 0.1) is 0 Å². The Hall–Kier alpha value is -1.31. The largest absolute Gasteiger partial charge is 0.324 e. The molecule has 0 aliphatic carbocycles. The van der Waals surface area contributed by atoms with E-state index in [2.05, 4.69) is 45.0 Å². The average molecular weight is 288 g/mol. The third kappa shape index (κ3) is 3.41. The van der Waals surface area contributed by atoms with E-state index in [1.807, 2.05) is 24.3 Å². The lowest BCUT2D eigenvalue weighted by atomic mass is 9.81. The second kappa shape index (κ2) is 5.99. The Bertz CT molecular complexity index is 584. The van der Waals surface area contributed by atoms with Crippen molar-refractivity contribution >= 4 is 11.6 Å². The summed E-state index contributed by atoms with van der Waals surface area (Å²) in [5.41, 5.74) is 10.1. The van der Waals surface area contributed by atoms with Crippen molar-refractivity contribution in [2.45, 2.75) is 38.6 Å². The van der Waals surface area contributed by atoms with Crippen molar-refractivity contribution in [3.63, 3.8) is 0 Å². The highest BCUT2D eigenvalue weighted by Gasteiger charge is 2.21. The first-order chi connectivity index (χ1) is 9.39. The zero-order chi connectivity index (χ0) is 14.8. The molecule has 1 atom stereocenters. The summed E-state index contributed by atoms with van der Waals surface area (Å²) in [6.45, 7) is 6.65.